The third-order valence-corrected chi connectivity index (χ3v) is 5.02. The molecule has 1 N–H and O–H groups in total. The van der Waals surface area contributed by atoms with Crippen molar-refractivity contribution in [1.29, 1.82) is 0 Å². The highest BCUT2D eigenvalue weighted by molar-refractivity contribution is 7.80. The molecule has 0 aliphatic heterocycles. The van der Waals surface area contributed by atoms with E-state index in [1.165, 1.54) is 7.05 Å². The average molecular weight is 351 g/mol. The van der Waals surface area contributed by atoms with Gasteiger partial charge in [-0.2, -0.15) is 0 Å². The molecule has 0 amide bonds. The molecule has 2 aromatic rings. The van der Waals surface area contributed by atoms with Crippen LogP contribution in [0.2, 0.25) is 0 Å². The third-order valence-electron chi connectivity index (χ3n) is 3.09. The predicted molar refractivity (Wildman–Crippen MR) is 92.6 cm³/mol. The molecule has 122 valence electrons. The van der Waals surface area contributed by atoms with Gasteiger partial charge in [-0.25, -0.2) is 9.24 Å². The van der Waals surface area contributed by atoms with Gasteiger partial charge in [-0.15, -0.1) is 0 Å². The van der Waals surface area contributed by atoms with Gasteiger partial charge >= 0.3 is 7.75 Å². The van der Waals surface area contributed by atoms with E-state index in [-0.39, 0.29) is 18.4 Å². The Morgan fingerprint density at radius 1 is 1.04 bits per heavy atom. The lowest BCUT2D eigenvalue weighted by Gasteiger charge is -2.24. The molecule has 5 nitrogen and oxygen atoms in total. The van der Waals surface area contributed by atoms with Gasteiger partial charge in [-0.1, -0.05) is 60.7 Å². The van der Waals surface area contributed by atoms with E-state index in [1.54, 1.807) is 0 Å². The SMILES string of the molecule is CN(C(=S)OCc1ccccc1)P(=O)(O)OCc1ccccc1. The maximum atomic E-state index is 12.2. The Bertz CT molecular complexity index is 681. The van der Waals surface area contributed by atoms with Crippen LogP contribution in [-0.4, -0.2) is 21.8 Å². The van der Waals surface area contributed by atoms with Gasteiger partial charge in [0, 0.05) is 7.05 Å². The summed E-state index contributed by atoms with van der Waals surface area (Å²) >= 11 is 5.05. The van der Waals surface area contributed by atoms with Crippen molar-refractivity contribution in [3.05, 3.63) is 71.8 Å². The molecule has 23 heavy (non-hydrogen) atoms. The number of rotatable bonds is 6. The van der Waals surface area contributed by atoms with Crippen LogP contribution in [0.4, 0.5) is 0 Å². The fourth-order valence-electron chi connectivity index (χ4n) is 1.74. The Morgan fingerprint density at radius 3 is 2.04 bits per heavy atom. The Morgan fingerprint density at radius 2 is 1.52 bits per heavy atom. The van der Waals surface area contributed by atoms with Gasteiger partial charge in [0.25, 0.3) is 5.17 Å². The number of nitrogens with zero attached hydrogens (tertiary/aromatic N) is 1. The largest absolute Gasteiger partial charge is 0.466 e. The van der Waals surface area contributed by atoms with Crippen molar-refractivity contribution in [1.82, 2.24) is 4.67 Å². The van der Waals surface area contributed by atoms with Gasteiger partial charge in [0.05, 0.1) is 6.61 Å². The summed E-state index contributed by atoms with van der Waals surface area (Å²) in [5.41, 5.74) is 1.72. The minimum absolute atomic E-state index is 0.0141. The van der Waals surface area contributed by atoms with Gasteiger partial charge in [-0.3, -0.25) is 4.52 Å². The summed E-state index contributed by atoms with van der Waals surface area (Å²) in [6.07, 6.45) is 0. The monoisotopic (exact) mass is 351 g/mol. The van der Waals surface area contributed by atoms with E-state index in [1.807, 2.05) is 60.7 Å². The topological polar surface area (TPSA) is 59.0 Å². The lowest BCUT2D eigenvalue weighted by molar-refractivity contribution is 0.204. The molecule has 0 spiro atoms. The fourth-order valence-corrected chi connectivity index (χ4v) is 2.86. The summed E-state index contributed by atoms with van der Waals surface area (Å²) in [4.78, 5) is 10.0. The number of hydrogen-bond acceptors (Lipinski definition) is 4. The van der Waals surface area contributed by atoms with Crippen molar-refractivity contribution in [2.75, 3.05) is 7.05 Å². The highest BCUT2D eigenvalue weighted by atomic mass is 32.1. The molecule has 2 rings (SSSR count). The summed E-state index contributed by atoms with van der Waals surface area (Å²) in [7, 11) is -2.69. The molecule has 0 heterocycles. The Labute approximate surface area is 141 Å². The average Bonchev–Trinajstić information content (AvgIpc) is 2.59. The van der Waals surface area contributed by atoms with Crippen LogP contribution in [0.25, 0.3) is 0 Å². The molecule has 0 fully saturated rings. The molecule has 7 heteroatoms. The lowest BCUT2D eigenvalue weighted by Crippen LogP contribution is -2.25. The number of ether oxygens (including phenoxy) is 1. The zero-order chi connectivity index (χ0) is 16.7. The molecule has 1 unspecified atom stereocenters. The Balaban J connectivity index is 1.88. The Hall–Kier alpha value is -1.72. The number of benzene rings is 2. The van der Waals surface area contributed by atoms with E-state index in [2.05, 4.69) is 0 Å². The molecule has 0 saturated heterocycles. The van der Waals surface area contributed by atoms with Gasteiger partial charge < -0.3 is 9.63 Å². The molecular weight excluding hydrogens is 333 g/mol. The fraction of sp³-hybridized carbons (Fsp3) is 0.188. The van der Waals surface area contributed by atoms with Crippen LogP contribution in [-0.2, 0) is 27.0 Å². The summed E-state index contributed by atoms with van der Waals surface area (Å²) in [6.45, 7) is 0.239. The summed E-state index contributed by atoms with van der Waals surface area (Å²) in [6, 6.07) is 18.6. The molecule has 1 atom stereocenters. The van der Waals surface area contributed by atoms with Crippen LogP contribution in [0, 0.1) is 0 Å². The van der Waals surface area contributed by atoms with E-state index in [4.69, 9.17) is 21.5 Å². The predicted octanol–water partition coefficient (Wildman–Crippen LogP) is 3.74. The molecule has 0 aliphatic rings. The maximum Gasteiger partial charge on any atom is 0.435 e. The molecule has 0 aromatic heterocycles. The lowest BCUT2D eigenvalue weighted by atomic mass is 10.2. The first-order valence-electron chi connectivity index (χ1n) is 6.95. The van der Waals surface area contributed by atoms with E-state index >= 15 is 0 Å². The smallest absolute Gasteiger partial charge is 0.435 e. The van der Waals surface area contributed by atoms with Gasteiger partial charge in [-0.05, 0) is 23.3 Å². The third kappa shape index (κ3) is 5.44. The molecule has 0 bridgehead atoms. The number of hydrogen-bond donors (Lipinski definition) is 1. The minimum Gasteiger partial charge on any atom is -0.466 e. The van der Waals surface area contributed by atoms with Crippen molar-refractivity contribution in [2.24, 2.45) is 0 Å². The zero-order valence-electron chi connectivity index (χ0n) is 12.7. The van der Waals surface area contributed by atoms with E-state index in [9.17, 15) is 9.46 Å². The first-order valence-corrected chi connectivity index (χ1v) is 8.89. The second-order valence-electron chi connectivity index (χ2n) is 4.81. The summed E-state index contributed by atoms with van der Waals surface area (Å²) < 4.78 is 23.7. The summed E-state index contributed by atoms with van der Waals surface area (Å²) in [5.74, 6) is 0. The summed E-state index contributed by atoms with van der Waals surface area (Å²) in [5, 5.41) is -0.0900. The molecule has 0 radical (unpaired) electrons. The minimum atomic E-state index is -4.06. The maximum absolute atomic E-state index is 12.2. The molecular formula is C16H18NO4PS. The first-order chi connectivity index (χ1) is 11.0. The zero-order valence-corrected chi connectivity index (χ0v) is 14.4. The molecule has 0 saturated carbocycles. The van der Waals surface area contributed by atoms with Crippen LogP contribution in [0.5, 0.6) is 0 Å². The quantitative estimate of drug-likeness (QED) is 0.632. The Kier molecular flexibility index (Phi) is 6.30. The van der Waals surface area contributed by atoms with Gasteiger partial charge in [0.1, 0.15) is 6.61 Å². The van der Waals surface area contributed by atoms with Crippen molar-refractivity contribution in [2.45, 2.75) is 13.2 Å². The van der Waals surface area contributed by atoms with Crippen LogP contribution in [0.1, 0.15) is 11.1 Å². The highest BCUT2D eigenvalue weighted by Gasteiger charge is 2.29. The van der Waals surface area contributed by atoms with Gasteiger partial charge in [0.15, 0.2) is 0 Å². The van der Waals surface area contributed by atoms with E-state index in [0.717, 1.165) is 15.8 Å². The van der Waals surface area contributed by atoms with Crippen LogP contribution in [0.15, 0.2) is 60.7 Å². The van der Waals surface area contributed by atoms with Crippen molar-refractivity contribution < 1.29 is 18.7 Å². The second kappa shape index (κ2) is 8.22. The van der Waals surface area contributed by atoms with Crippen molar-refractivity contribution in [3.8, 4) is 0 Å². The molecule has 2 aromatic carbocycles. The second-order valence-corrected chi connectivity index (χ2v) is 7.00. The van der Waals surface area contributed by atoms with Crippen molar-refractivity contribution >= 4 is 25.1 Å². The van der Waals surface area contributed by atoms with Crippen LogP contribution < -0.4 is 0 Å². The van der Waals surface area contributed by atoms with Crippen molar-refractivity contribution in [3.63, 3.8) is 0 Å². The number of thiocarbonyl (C=S) groups is 1. The van der Waals surface area contributed by atoms with E-state index in [0.29, 0.717) is 0 Å². The van der Waals surface area contributed by atoms with E-state index < -0.39 is 7.75 Å². The normalized spacial score (nSPS) is 13.1. The first kappa shape index (κ1) is 17.6. The van der Waals surface area contributed by atoms with Crippen LogP contribution >= 0.6 is 20.0 Å². The van der Waals surface area contributed by atoms with Gasteiger partial charge in [0.2, 0.25) is 0 Å². The van der Waals surface area contributed by atoms with Crippen LogP contribution in [0.3, 0.4) is 0 Å². The standard InChI is InChI=1S/C16H18NO4PS/c1-17(16(23)20-12-14-8-4-2-5-9-14)22(18,19)21-13-15-10-6-3-7-11-15/h2-11H,12-13H2,1H3,(H,18,19). The molecule has 0 aliphatic carbocycles. The highest BCUT2D eigenvalue weighted by Crippen LogP contribution is 2.46.